The molecule has 0 aliphatic heterocycles. The van der Waals surface area contributed by atoms with E-state index < -0.39 is 5.91 Å². The lowest BCUT2D eigenvalue weighted by Crippen LogP contribution is -2.30. The third kappa shape index (κ3) is 2.94. The lowest BCUT2D eigenvalue weighted by molar-refractivity contribution is 0.0999. The van der Waals surface area contributed by atoms with Gasteiger partial charge in [0.15, 0.2) is 0 Å². The number of anilines is 1. The van der Waals surface area contributed by atoms with Crippen molar-refractivity contribution in [3.8, 4) is 0 Å². The Kier molecular flexibility index (Phi) is 3.97. The van der Waals surface area contributed by atoms with Crippen molar-refractivity contribution in [2.24, 2.45) is 17.1 Å². The Bertz CT molecular complexity index is 551. The smallest absolute Gasteiger partial charge is 0.251 e. The van der Waals surface area contributed by atoms with Crippen molar-refractivity contribution >= 4 is 22.2 Å². The zero-order valence-corrected chi connectivity index (χ0v) is 13.2. The van der Waals surface area contributed by atoms with E-state index in [1.54, 1.807) is 11.3 Å². The van der Waals surface area contributed by atoms with E-state index in [1.165, 1.54) is 24.1 Å². The molecular formula is C16H24N2O2S. The number of thiophene rings is 1. The van der Waals surface area contributed by atoms with Crippen LogP contribution in [0.4, 0.5) is 5.00 Å². The quantitative estimate of drug-likeness (QED) is 0.754. The number of primary amides is 1. The first-order valence-corrected chi connectivity index (χ1v) is 8.67. The largest absolute Gasteiger partial charge is 0.396 e. The van der Waals surface area contributed by atoms with Crippen LogP contribution < -0.4 is 11.5 Å². The van der Waals surface area contributed by atoms with E-state index in [0.717, 1.165) is 43.6 Å². The number of hydrogen-bond acceptors (Lipinski definition) is 4. The van der Waals surface area contributed by atoms with Gasteiger partial charge < -0.3 is 16.6 Å². The van der Waals surface area contributed by atoms with Crippen LogP contribution >= 0.6 is 11.3 Å². The second-order valence-electron chi connectivity index (χ2n) is 6.76. The summed E-state index contributed by atoms with van der Waals surface area (Å²) in [6.45, 7) is 0.262. The molecule has 5 heteroatoms. The zero-order chi connectivity index (χ0) is 15.0. The van der Waals surface area contributed by atoms with Crippen molar-refractivity contribution in [3.63, 3.8) is 0 Å². The predicted molar refractivity (Wildman–Crippen MR) is 85.4 cm³/mol. The van der Waals surface area contributed by atoms with Gasteiger partial charge in [-0.3, -0.25) is 4.79 Å². The number of hydrogen-bond donors (Lipinski definition) is 3. The average molecular weight is 308 g/mol. The molecule has 5 N–H and O–H groups in total. The minimum absolute atomic E-state index is 0.262. The summed E-state index contributed by atoms with van der Waals surface area (Å²) in [5.74, 6) is 0.480. The van der Waals surface area contributed by atoms with Gasteiger partial charge in [-0.15, -0.1) is 11.3 Å². The van der Waals surface area contributed by atoms with Crippen LogP contribution in [0.3, 0.4) is 0 Å². The summed E-state index contributed by atoms with van der Waals surface area (Å²) < 4.78 is 0. The highest BCUT2D eigenvalue weighted by Gasteiger charge is 2.40. The van der Waals surface area contributed by atoms with Gasteiger partial charge in [0.1, 0.15) is 0 Å². The van der Waals surface area contributed by atoms with Gasteiger partial charge in [-0.2, -0.15) is 0 Å². The number of nitrogens with two attached hydrogens (primary N) is 2. The summed E-state index contributed by atoms with van der Waals surface area (Å²) in [5, 5.41) is 9.78. The molecule has 2 aliphatic carbocycles. The Morgan fingerprint density at radius 3 is 2.81 bits per heavy atom. The first kappa shape index (κ1) is 14.9. The lowest BCUT2D eigenvalue weighted by Gasteiger charge is -2.38. The number of fused-ring (bicyclic) bond motifs is 1. The van der Waals surface area contributed by atoms with E-state index in [2.05, 4.69) is 0 Å². The van der Waals surface area contributed by atoms with Crippen LogP contribution in [0.15, 0.2) is 0 Å². The van der Waals surface area contributed by atoms with E-state index >= 15 is 0 Å². The maximum Gasteiger partial charge on any atom is 0.251 e. The fourth-order valence-corrected chi connectivity index (χ4v) is 5.21. The third-order valence-corrected chi connectivity index (χ3v) is 6.15. The molecule has 0 bridgehead atoms. The fraction of sp³-hybridized carbons (Fsp3) is 0.688. The van der Waals surface area contributed by atoms with Crippen molar-refractivity contribution in [3.05, 3.63) is 16.0 Å². The molecule has 21 heavy (non-hydrogen) atoms. The van der Waals surface area contributed by atoms with Crippen LogP contribution in [0.25, 0.3) is 0 Å². The second-order valence-corrected chi connectivity index (χ2v) is 7.90. The minimum Gasteiger partial charge on any atom is -0.396 e. The van der Waals surface area contributed by atoms with Gasteiger partial charge >= 0.3 is 0 Å². The molecule has 1 aromatic heterocycles. The third-order valence-electron chi connectivity index (χ3n) is 5.09. The maximum atomic E-state index is 11.6. The first-order valence-electron chi connectivity index (χ1n) is 7.85. The van der Waals surface area contributed by atoms with E-state index in [4.69, 9.17) is 11.5 Å². The van der Waals surface area contributed by atoms with Crippen LogP contribution in [-0.2, 0) is 12.8 Å². The molecule has 0 aromatic carbocycles. The number of amides is 1. The number of nitrogen functional groups attached to an aromatic ring is 1. The zero-order valence-electron chi connectivity index (χ0n) is 12.4. The molecule has 1 saturated carbocycles. The summed E-state index contributed by atoms with van der Waals surface area (Å²) in [7, 11) is 0. The number of aliphatic hydroxyl groups excluding tert-OH is 1. The molecule has 1 fully saturated rings. The molecule has 1 unspecified atom stereocenters. The predicted octanol–water partition coefficient (Wildman–Crippen LogP) is 2.48. The monoisotopic (exact) mass is 308 g/mol. The molecular weight excluding hydrogens is 284 g/mol. The van der Waals surface area contributed by atoms with Gasteiger partial charge in [0.05, 0.1) is 10.6 Å². The summed E-state index contributed by atoms with van der Waals surface area (Å²) in [5.41, 5.74) is 13.4. The number of carbonyl (C=O) groups is 1. The van der Waals surface area contributed by atoms with E-state index in [9.17, 15) is 9.90 Å². The summed E-state index contributed by atoms with van der Waals surface area (Å²) in [6.07, 6.45) is 8.90. The highest BCUT2D eigenvalue weighted by molar-refractivity contribution is 7.16. The fourth-order valence-electron chi connectivity index (χ4n) is 3.91. The SMILES string of the molecule is NC(=O)c1c(N)sc2c1CCC(CCCO)(CC1CC1)C2. The van der Waals surface area contributed by atoms with E-state index in [-0.39, 0.29) is 6.61 Å². The summed E-state index contributed by atoms with van der Waals surface area (Å²) in [6, 6.07) is 0. The van der Waals surface area contributed by atoms with Crippen molar-refractivity contribution in [2.75, 3.05) is 12.3 Å². The molecule has 0 saturated heterocycles. The van der Waals surface area contributed by atoms with Gasteiger partial charge in [0.25, 0.3) is 5.91 Å². The number of rotatable bonds is 6. The summed E-state index contributed by atoms with van der Waals surface area (Å²) in [4.78, 5) is 12.8. The molecule has 0 spiro atoms. The Morgan fingerprint density at radius 1 is 1.43 bits per heavy atom. The standard InChI is InChI=1S/C16H24N2O2S/c17-14(20)13-11-4-6-16(5-1-7-19,8-10-2-3-10)9-12(11)21-15(13)18/h10,19H,1-9,18H2,(H2,17,20). The lowest BCUT2D eigenvalue weighted by atomic mass is 9.68. The molecule has 2 aliphatic rings. The highest BCUT2D eigenvalue weighted by Crippen LogP contribution is 2.51. The van der Waals surface area contributed by atoms with Crippen LogP contribution in [0.1, 0.15) is 59.3 Å². The Balaban J connectivity index is 1.86. The normalized spacial score (nSPS) is 24.8. The van der Waals surface area contributed by atoms with Gasteiger partial charge in [-0.1, -0.05) is 12.8 Å². The molecule has 4 nitrogen and oxygen atoms in total. The molecule has 116 valence electrons. The van der Waals surface area contributed by atoms with Crippen molar-refractivity contribution in [2.45, 2.75) is 51.4 Å². The van der Waals surface area contributed by atoms with Crippen molar-refractivity contribution in [1.82, 2.24) is 0 Å². The second kappa shape index (κ2) is 5.61. The molecule has 0 radical (unpaired) electrons. The van der Waals surface area contributed by atoms with Crippen LogP contribution in [0.2, 0.25) is 0 Å². The van der Waals surface area contributed by atoms with E-state index in [0.29, 0.717) is 16.0 Å². The Morgan fingerprint density at radius 2 is 2.19 bits per heavy atom. The topological polar surface area (TPSA) is 89.3 Å². The van der Waals surface area contributed by atoms with Crippen LogP contribution in [-0.4, -0.2) is 17.6 Å². The molecule has 1 atom stereocenters. The molecule has 1 aromatic rings. The van der Waals surface area contributed by atoms with Crippen molar-refractivity contribution < 1.29 is 9.90 Å². The average Bonchev–Trinajstić information content (AvgIpc) is 3.16. The van der Waals surface area contributed by atoms with Gasteiger partial charge in [-0.25, -0.2) is 0 Å². The Hall–Kier alpha value is -1.07. The highest BCUT2D eigenvalue weighted by atomic mass is 32.1. The number of carbonyl (C=O) groups excluding carboxylic acids is 1. The molecule has 1 amide bonds. The van der Waals surface area contributed by atoms with Gasteiger partial charge in [0, 0.05) is 11.5 Å². The molecule has 3 rings (SSSR count). The first-order chi connectivity index (χ1) is 10.0. The van der Waals surface area contributed by atoms with Crippen LogP contribution in [0, 0.1) is 11.3 Å². The van der Waals surface area contributed by atoms with Crippen molar-refractivity contribution in [1.29, 1.82) is 0 Å². The van der Waals surface area contributed by atoms with Gasteiger partial charge in [0.2, 0.25) is 0 Å². The maximum absolute atomic E-state index is 11.6. The summed E-state index contributed by atoms with van der Waals surface area (Å²) >= 11 is 1.54. The number of aliphatic hydroxyl groups is 1. The van der Waals surface area contributed by atoms with Gasteiger partial charge in [-0.05, 0) is 55.4 Å². The Labute approximate surface area is 129 Å². The minimum atomic E-state index is -0.393. The molecule has 1 heterocycles. The van der Waals surface area contributed by atoms with Crippen LogP contribution in [0.5, 0.6) is 0 Å². The van der Waals surface area contributed by atoms with E-state index in [1.807, 2.05) is 0 Å².